The molecule has 3 heteroatoms. The molecule has 1 N–H and O–H groups in total. The second-order valence-electron chi connectivity index (χ2n) is 4.37. The van der Waals surface area contributed by atoms with Crippen molar-refractivity contribution in [3.63, 3.8) is 0 Å². The molecule has 0 saturated heterocycles. The zero-order chi connectivity index (χ0) is 14.1. The molecule has 102 valence electrons. The molecule has 0 aliphatic heterocycles. The molecule has 0 radical (unpaired) electrons. The van der Waals surface area contributed by atoms with Crippen molar-refractivity contribution in [2.24, 2.45) is 0 Å². The third-order valence-corrected chi connectivity index (χ3v) is 2.57. The fraction of sp³-hybridized carbons (Fsp3) is 0.375. The van der Waals surface area contributed by atoms with E-state index in [2.05, 4.69) is 5.73 Å². The largest absolute Gasteiger partial charge is 0.460 e. The van der Waals surface area contributed by atoms with Crippen LogP contribution in [0.5, 0.6) is 0 Å². The fourth-order valence-corrected chi connectivity index (χ4v) is 1.42. The van der Waals surface area contributed by atoms with Crippen LogP contribution in [0.25, 0.3) is 6.08 Å². The Morgan fingerprint density at radius 3 is 2.63 bits per heavy atom. The van der Waals surface area contributed by atoms with Gasteiger partial charge < -0.3 is 9.84 Å². The summed E-state index contributed by atoms with van der Waals surface area (Å²) in [7, 11) is 0. The second-order valence-corrected chi connectivity index (χ2v) is 4.37. The summed E-state index contributed by atoms with van der Waals surface area (Å²) in [5.41, 5.74) is 5.72. The minimum absolute atomic E-state index is 0.0949. The fourth-order valence-electron chi connectivity index (χ4n) is 1.42. The molecule has 1 aromatic carbocycles. The van der Waals surface area contributed by atoms with Gasteiger partial charge in [0.05, 0.1) is 6.61 Å². The van der Waals surface area contributed by atoms with Crippen molar-refractivity contribution < 1.29 is 14.6 Å². The predicted octanol–water partition coefficient (Wildman–Crippen LogP) is 2.87. The van der Waals surface area contributed by atoms with Crippen molar-refractivity contribution in [3.8, 4) is 0 Å². The molecule has 0 atom stereocenters. The van der Waals surface area contributed by atoms with E-state index in [4.69, 9.17) is 4.74 Å². The van der Waals surface area contributed by atoms with Crippen LogP contribution in [0, 0.1) is 6.92 Å². The number of carbonyl (C=O) groups is 1. The maximum Gasteiger partial charge on any atom is 0.306 e. The average molecular weight is 260 g/mol. The molecule has 0 bridgehead atoms. The number of ether oxygens (including phenoxy) is 1. The number of rotatable bonds is 6. The summed E-state index contributed by atoms with van der Waals surface area (Å²) in [6, 6.07) is 7.96. The number of hydrogen-bond donors (Lipinski definition) is 1. The van der Waals surface area contributed by atoms with Crippen molar-refractivity contribution in [2.45, 2.75) is 26.7 Å². The van der Waals surface area contributed by atoms with Gasteiger partial charge in [-0.05, 0) is 25.0 Å². The van der Waals surface area contributed by atoms with E-state index in [9.17, 15) is 9.90 Å². The van der Waals surface area contributed by atoms with Gasteiger partial charge in [0.25, 0.3) is 0 Å². The van der Waals surface area contributed by atoms with E-state index in [0.717, 1.165) is 12.0 Å². The number of carbonyl (C=O) groups excluding carboxylic acids is 1. The normalized spacial score (nSPS) is 9.63. The predicted molar refractivity (Wildman–Crippen MR) is 75.6 cm³/mol. The van der Waals surface area contributed by atoms with E-state index < -0.39 is 0 Å². The van der Waals surface area contributed by atoms with E-state index in [1.165, 1.54) is 5.56 Å². The molecule has 0 unspecified atom stereocenters. The minimum atomic E-state index is -0.245. The van der Waals surface area contributed by atoms with Crippen LogP contribution in [0.1, 0.15) is 30.9 Å². The summed E-state index contributed by atoms with van der Waals surface area (Å²) in [5.74, 6) is -0.245. The number of benzene rings is 1. The van der Waals surface area contributed by atoms with E-state index in [-0.39, 0.29) is 19.2 Å². The van der Waals surface area contributed by atoms with Gasteiger partial charge in [-0.15, -0.1) is 5.73 Å². The first kappa shape index (κ1) is 15.2. The molecule has 0 fully saturated rings. The van der Waals surface area contributed by atoms with E-state index in [1.54, 1.807) is 6.08 Å². The van der Waals surface area contributed by atoms with Gasteiger partial charge in [0.2, 0.25) is 0 Å². The van der Waals surface area contributed by atoms with Crippen LogP contribution in [0.2, 0.25) is 0 Å². The molecule has 1 aromatic rings. The van der Waals surface area contributed by atoms with Crippen LogP contribution < -0.4 is 0 Å². The van der Waals surface area contributed by atoms with Crippen LogP contribution in [0.3, 0.4) is 0 Å². The monoisotopic (exact) mass is 260 g/mol. The highest BCUT2D eigenvalue weighted by molar-refractivity contribution is 5.69. The van der Waals surface area contributed by atoms with E-state index in [1.807, 2.05) is 38.1 Å². The third kappa shape index (κ3) is 6.05. The number of esters is 1. The van der Waals surface area contributed by atoms with Gasteiger partial charge in [0, 0.05) is 12.0 Å². The summed E-state index contributed by atoms with van der Waals surface area (Å²) in [5, 5.41) is 9.18. The standard InChI is InChI=1S/C16H20O3/c1-3-4-16(18)19-12-15(11-17)10-9-14-7-5-13(2)6-8-14/h5-9,17H,3-4,11-12H2,1-2H3. The van der Waals surface area contributed by atoms with Crippen LogP contribution in [0.4, 0.5) is 0 Å². The van der Waals surface area contributed by atoms with Crippen molar-refractivity contribution >= 4 is 12.0 Å². The highest BCUT2D eigenvalue weighted by Gasteiger charge is 2.02. The van der Waals surface area contributed by atoms with Crippen molar-refractivity contribution in [3.05, 3.63) is 46.7 Å². The molecule has 0 aromatic heterocycles. The molecular formula is C16H20O3. The van der Waals surface area contributed by atoms with Crippen molar-refractivity contribution in [1.82, 2.24) is 0 Å². The molecule has 0 aliphatic rings. The van der Waals surface area contributed by atoms with E-state index >= 15 is 0 Å². The lowest BCUT2D eigenvalue weighted by Crippen LogP contribution is -2.08. The summed E-state index contributed by atoms with van der Waals surface area (Å²) < 4.78 is 5.02. The second kappa shape index (κ2) is 8.30. The Morgan fingerprint density at radius 2 is 2.05 bits per heavy atom. The van der Waals surface area contributed by atoms with Crippen LogP contribution >= 0.6 is 0 Å². The molecule has 19 heavy (non-hydrogen) atoms. The number of aliphatic hydroxyl groups excluding tert-OH is 1. The van der Waals surface area contributed by atoms with Gasteiger partial charge in [0.15, 0.2) is 0 Å². The summed E-state index contributed by atoms with van der Waals surface area (Å²) >= 11 is 0. The Labute approximate surface area is 114 Å². The minimum Gasteiger partial charge on any atom is -0.460 e. The van der Waals surface area contributed by atoms with Crippen LogP contribution in [-0.2, 0) is 9.53 Å². The maximum absolute atomic E-state index is 11.2. The lowest BCUT2D eigenvalue weighted by atomic mass is 10.1. The number of aryl methyl sites for hydroxylation is 1. The highest BCUT2D eigenvalue weighted by atomic mass is 16.5. The maximum atomic E-state index is 11.2. The molecule has 0 aliphatic carbocycles. The molecule has 0 saturated carbocycles. The van der Waals surface area contributed by atoms with Gasteiger partial charge in [-0.2, -0.15) is 0 Å². The van der Waals surface area contributed by atoms with Gasteiger partial charge >= 0.3 is 5.97 Å². The summed E-state index contributed by atoms with van der Waals surface area (Å²) in [6.07, 6.45) is 2.94. The van der Waals surface area contributed by atoms with Crippen molar-refractivity contribution in [2.75, 3.05) is 13.2 Å². The smallest absolute Gasteiger partial charge is 0.306 e. The molecule has 3 nitrogen and oxygen atoms in total. The highest BCUT2D eigenvalue weighted by Crippen LogP contribution is 2.05. The Hall–Kier alpha value is -1.83. The molecule has 0 heterocycles. The third-order valence-electron chi connectivity index (χ3n) is 2.57. The van der Waals surface area contributed by atoms with Crippen LogP contribution in [-0.4, -0.2) is 24.3 Å². The Bertz CT molecular complexity index is 465. The topological polar surface area (TPSA) is 46.5 Å². The zero-order valence-electron chi connectivity index (χ0n) is 11.5. The molecule has 0 spiro atoms. The molecule has 1 rings (SSSR count). The SMILES string of the molecule is CCCC(=O)OCC(=C=Cc1ccc(C)cc1)CO. The first-order valence-corrected chi connectivity index (χ1v) is 6.43. The molecular weight excluding hydrogens is 240 g/mol. The average Bonchev–Trinajstić information content (AvgIpc) is 2.41. The van der Waals surface area contributed by atoms with Crippen LogP contribution in [0.15, 0.2) is 35.6 Å². The quantitative estimate of drug-likeness (QED) is 0.632. The lowest BCUT2D eigenvalue weighted by Gasteiger charge is -2.03. The Balaban J connectivity index is 2.65. The summed E-state index contributed by atoms with van der Waals surface area (Å²) in [4.78, 5) is 11.2. The Kier molecular flexibility index (Phi) is 6.65. The first-order chi connectivity index (χ1) is 9.15. The zero-order valence-corrected chi connectivity index (χ0v) is 11.5. The van der Waals surface area contributed by atoms with Gasteiger partial charge in [-0.1, -0.05) is 36.8 Å². The first-order valence-electron chi connectivity index (χ1n) is 6.43. The van der Waals surface area contributed by atoms with Gasteiger partial charge in [0.1, 0.15) is 6.61 Å². The summed E-state index contributed by atoms with van der Waals surface area (Å²) in [6.45, 7) is 3.87. The van der Waals surface area contributed by atoms with E-state index in [0.29, 0.717) is 12.0 Å². The van der Waals surface area contributed by atoms with Gasteiger partial charge in [-0.25, -0.2) is 0 Å². The number of aliphatic hydroxyl groups is 1. The van der Waals surface area contributed by atoms with Crippen molar-refractivity contribution in [1.29, 1.82) is 0 Å². The Morgan fingerprint density at radius 1 is 1.37 bits per heavy atom. The molecule has 0 amide bonds. The number of hydrogen-bond acceptors (Lipinski definition) is 3. The van der Waals surface area contributed by atoms with Gasteiger partial charge in [-0.3, -0.25) is 4.79 Å². The lowest BCUT2D eigenvalue weighted by molar-refractivity contribution is -0.142.